The van der Waals surface area contributed by atoms with Crippen LogP contribution in [0.1, 0.15) is 111 Å². The van der Waals surface area contributed by atoms with Crippen LogP contribution in [-0.2, 0) is 10.8 Å². The van der Waals surface area contributed by atoms with E-state index in [1.807, 2.05) is 0 Å². The first-order valence-corrected chi connectivity index (χ1v) is 26.2. The minimum Gasteiger partial charge on any atom is -0.309 e. The minimum atomic E-state index is 0.0765. The van der Waals surface area contributed by atoms with E-state index >= 15 is 0 Å². The maximum atomic E-state index is 5.85. The van der Waals surface area contributed by atoms with Crippen LogP contribution >= 0.6 is 0 Å². The largest absolute Gasteiger partial charge is 0.309 e. The number of rotatable bonds is 6. The van der Waals surface area contributed by atoms with Gasteiger partial charge in [-0.3, -0.25) is 0 Å². The molecule has 0 spiro atoms. The average Bonchev–Trinajstić information content (AvgIpc) is 3.81. The first-order valence-electron chi connectivity index (χ1n) is 26.2. The lowest BCUT2D eigenvalue weighted by atomic mass is 9.49. The van der Waals surface area contributed by atoms with Gasteiger partial charge in [0.1, 0.15) is 11.6 Å². The quantitative estimate of drug-likeness (QED) is 0.167. The predicted molar refractivity (Wildman–Crippen MR) is 278 cm³/mol. The van der Waals surface area contributed by atoms with E-state index < -0.39 is 0 Å². The topological polar surface area (TPSA) is 48.5 Å². The van der Waals surface area contributed by atoms with Crippen molar-refractivity contribution in [3.05, 3.63) is 149 Å². The third-order valence-electron chi connectivity index (χ3n) is 18.7. The molecule has 0 unspecified atom stereocenters. The van der Waals surface area contributed by atoms with Gasteiger partial charge in [0.2, 0.25) is 0 Å². The van der Waals surface area contributed by atoms with Crippen molar-refractivity contribution in [2.75, 3.05) is 0 Å². The summed E-state index contributed by atoms with van der Waals surface area (Å²) < 4.78 is 5.07. The number of fused-ring (bicyclic) bond motifs is 6. The molecule has 0 amide bonds. The van der Waals surface area contributed by atoms with Crippen LogP contribution in [0.3, 0.4) is 0 Å². The van der Waals surface area contributed by atoms with Gasteiger partial charge >= 0.3 is 0 Å². The zero-order valence-electron chi connectivity index (χ0n) is 40.2. The van der Waals surface area contributed by atoms with Crippen LogP contribution in [0.15, 0.2) is 115 Å². The number of benzene rings is 6. The summed E-state index contributed by atoms with van der Waals surface area (Å²) in [6.07, 6.45) is 16.0. The monoisotopic (exact) mass is 887 g/mol. The van der Waals surface area contributed by atoms with Crippen LogP contribution in [0.5, 0.6) is 0 Å². The molecule has 68 heavy (non-hydrogen) atoms. The van der Waals surface area contributed by atoms with Gasteiger partial charge in [0.25, 0.3) is 0 Å². The second-order valence-electron chi connectivity index (χ2n) is 23.7. The molecule has 8 aliphatic carbocycles. The molecule has 0 atom stereocenters. The molecule has 3 aromatic heterocycles. The van der Waals surface area contributed by atoms with Gasteiger partial charge in [-0.15, -0.1) is 0 Å². The van der Waals surface area contributed by atoms with Crippen molar-refractivity contribution in [2.45, 2.75) is 116 Å². The van der Waals surface area contributed by atoms with E-state index in [1.165, 1.54) is 160 Å². The van der Waals surface area contributed by atoms with E-state index in [9.17, 15) is 0 Å². The van der Waals surface area contributed by atoms with Crippen LogP contribution in [0.2, 0.25) is 0 Å². The highest BCUT2D eigenvalue weighted by Crippen LogP contribution is 2.62. The van der Waals surface area contributed by atoms with Crippen molar-refractivity contribution in [1.29, 1.82) is 0 Å². The Morgan fingerprint density at radius 3 is 1.16 bits per heavy atom. The Morgan fingerprint density at radius 1 is 0.382 bits per heavy atom. The maximum absolute atomic E-state index is 5.85. The van der Waals surface area contributed by atoms with E-state index in [-0.39, 0.29) is 10.8 Å². The zero-order chi connectivity index (χ0) is 45.2. The van der Waals surface area contributed by atoms with E-state index in [0.29, 0.717) is 0 Å². The van der Waals surface area contributed by atoms with Crippen molar-refractivity contribution in [2.24, 2.45) is 35.5 Å². The Balaban J connectivity index is 0.995. The Hall–Kier alpha value is -6.07. The fourth-order valence-corrected chi connectivity index (χ4v) is 16.7. The number of aromatic nitrogens is 5. The molecule has 5 heteroatoms. The fourth-order valence-electron chi connectivity index (χ4n) is 16.7. The third kappa shape index (κ3) is 5.89. The Labute approximate surface area is 400 Å². The molecule has 8 aliphatic rings. The molecule has 17 rings (SSSR count). The third-order valence-corrected chi connectivity index (χ3v) is 18.7. The molecule has 0 radical (unpaired) electrons. The molecular formula is C63H61N5. The van der Waals surface area contributed by atoms with Gasteiger partial charge in [0.05, 0.1) is 33.4 Å². The highest BCUT2D eigenvalue weighted by atomic mass is 15.1. The smallest absolute Gasteiger partial charge is 0.163 e. The summed E-state index contributed by atoms with van der Waals surface area (Å²) in [5.74, 6) is 8.09. The molecule has 0 saturated heterocycles. The van der Waals surface area contributed by atoms with Crippen molar-refractivity contribution >= 4 is 43.6 Å². The van der Waals surface area contributed by atoms with E-state index in [2.05, 4.69) is 152 Å². The molecule has 9 aromatic rings. The summed E-state index contributed by atoms with van der Waals surface area (Å²) in [6, 6.07) is 44.3. The number of hydrogen-bond acceptors (Lipinski definition) is 3. The van der Waals surface area contributed by atoms with Crippen LogP contribution in [0, 0.1) is 63.2 Å². The Bertz CT molecular complexity index is 3350. The highest BCUT2D eigenvalue weighted by molar-refractivity contribution is 6.12. The van der Waals surface area contributed by atoms with Crippen molar-refractivity contribution in [3.63, 3.8) is 0 Å². The lowest BCUT2D eigenvalue weighted by molar-refractivity contribution is -0.0155. The Kier molecular flexibility index (Phi) is 8.36. The zero-order valence-corrected chi connectivity index (χ0v) is 40.2. The van der Waals surface area contributed by atoms with E-state index in [4.69, 9.17) is 15.0 Å². The summed E-state index contributed by atoms with van der Waals surface area (Å²) >= 11 is 0. The number of nitrogens with zero attached hydrogens (tertiary/aromatic N) is 5. The molecule has 0 N–H and O–H groups in total. The number of para-hydroxylation sites is 1. The molecule has 0 aliphatic heterocycles. The highest BCUT2D eigenvalue weighted by Gasteiger charge is 2.56. The van der Waals surface area contributed by atoms with Crippen LogP contribution in [-0.4, -0.2) is 24.1 Å². The molecule has 8 bridgehead atoms. The van der Waals surface area contributed by atoms with Gasteiger partial charge in [0, 0.05) is 49.1 Å². The van der Waals surface area contributed by atoms with Crippen LogP contribution in [0.25, 0.3) is 77.5 Å². The summed E-state index contributed by atoms with van der Waals surface area (Å²) in [5.41, 5.74) is 15.9. The molecule has 3 heterocycles. The lowest BCUT2D eigenvalue weighted by Crippen LogP contribution is -2.51. The van der Waals surface area contributed by atoms with Gasteiger partial charge in [-0.1, -0.05) is 76.9 Å². The van der Waals surface area contributed by atoms with Gasteiger partial charge in [-0.05, 0) is 201 Å². The SMILES string of the molecule is Cc1ccc2c(c1)c1cc(C)ccc1n2-c1ccccc1-c1ccc(-c2nc(C34CC5CC(CC(C5)C3)C4)nc(C34CC5CC(CC(C5)C3)C4)n2)cc1-n1c2ccc(C)cc2c2cc(C)ccc21. The molecule has 338 valence electrons. The van der Waals surface area contributed by atoms with E-state index in [0.717, 1.165) is 64.2 Å². The molecular weight excluding hydrogens is 827 g/mol. The predicted octanol–water partition coefficient (Wildman–Crippen LogP) is 15.6. The molecule has 5 nitrogen and oxygen atoms in total. The van der Waals surface area contributed by atoms with Gasteiger partial charge in [-0.25, -0.2) is 15.0 Å². The maximum Gasteiger partial charge on any atom is 0.163 e. The molecule has 6 aromatic carbocycles. The second kappa shape index (κ2) is 14.2. The first-order chi connectivity index (χ1) is 33.1. The standard InChI is InChI=1S/C63H61N5/c1-36-9-15-54-49(19-36)50-20-37(2)10-16-55(50)67(54)53-8-6-5-7-47(53)48-14-13-46(29-58(48)68-56-17-11-38(3)21-51(56)52-22-39(4)12-18-57(52)68)59-64-60(62-30-40-23-41(31-62)25-42(24-40)32-62)66-61(65-59)63-33-43-26-44(34-63)28-45(27-43)35-63/h5-22,29,40-45H,23-28,30-35H2,1-4H3. The summed E-state index contributed by atoms with van der Waals surface area (Å²) in [5, 5.41) is 5.16. The lowest BCUT2D eigenvalue weighted by Gasteiger charge is -2.57. The second-order valence-corrected chi connectivity index (χ2v) is 23.7. The summed E-state index contributed by atoms with van der Waals surface area (Å²) in [6.45, 7) is 8.86. The summed E-state index contributed by atoms with van der Waals surface area (Å²) in [7, 11) is 0. The average molecular weight is 888 g/mol. The first kappa shape index (κ1) is 39.9. The number of hydrogen-bond donors (Lipinski definition) is 0. The van der Waals surface area contributed by atoms with Crippen molar-refractivity contribution < 1.29 is 0 Å². The molecule has 8 fully saturated rings. The van der Waals surface area contributed by atoms with Gasteiger partial charge in [0.15, 0.2) is 5.82 Å². The fraction of sp³-hybridized carbons (Fsp3) is 0.381. The number of aryl methyl sites for hydroxylation is 4. The van der Waals surface area contributed by atoms with E-state index in [1.54, 1.807) is 0 Å². The van der Waals surface area contributed by atoms with Crippen LogP contribution < -0.4 is 0 Å². The van der Waals surface area contributed by atoms with Crippen molar-refractivity contribution in [1.82, 2.24) is 24.1 Å². The molecule has 8 saturated carbocycles. The van der Waals surface area contributed by atoms with Gasteiger partial charge < -0.3 is 9.13 Å². The summed E-state index contributed by atoms with van der Waals surface area (Å²) in [4.78, 5) is 17.4. The van der Waals surface area contributed by atoms with Crippen LogP contribution in [0.4, 0.5) is 0 Å². The Morgan fingerprint density at radius 2 is 0.750 bits per heavy atom. The normalized spacial score (nSPS) is 28.0. The minimum absolute atomic E-state index is 0.0765. The van der Waals surface area contributed by atoms with Gasteiger partial charge in [-0.2, -0.15) is 0 Å². The van der Waals surface area contributed by atoms with Crippen molar-refractivity contribution in [3.8, 4) is 33.9 Å².